The SMILES string of the molecule is CO[C@@]12CC[C@]3(C[C@H]1[C@@](C)(O)C(C)(C)C)C1Cc4ccc(OCCO)c5c4[C@]3(CCN1CC1CC1)C2O5.Cl. The van der Waals surface area contributed by atoms with Crippen LogP contribution in [0.25, 0.3) is 0 Å². The van der Waals surface area contributed by atoms with Crippen molar-refractivity contribution in [1.82, 2.24) is 4.90 Å². The van der Waals surface area contributed by atoms with Crippen LogP contribution in [0.4, 0.5) is 0 Å². The summed E-state index contributed by atoms with van der Waals surface area (Å²) in [5.74, 6) is 2.45. The van der Waals surface area contributed by atoms with E-state index in [2.05, 4.69) is 37.8 Å². The Bertz CT molecular complexity index is 1110. The molecule has 2 aliphatic heterocycles. The minimum atomic E-state index is -0.914. The summed E-state index contributed by atoms with van der Waals surface area (Å²) in [7, 11) is 1.85. The summed E-state index contributed by atoms with van der Waals surface area (Å²) in [6, 6.07) is 4.79. The van der Waals surface area contributed by atoms with Gasteiger partial charge in [0, 0.05) is 42.0 Å². The first kappa shape index (κ1) is 27.1. The van der Waals surface area contributed by atoms with Crippen molar-refractivity contribution in [3.63, 3.8) is 0 Å². The topological polar surface area (TPSA) is 71.4 Å². The molecule has 0 amide bonds. The van der Waals surface area contributed by atoms with E-state index >= 15 is 0 Å². The van der Waals surface area contributed by atoms with Gasteiger partial charge in [-0.1, -0.05) is 26.8 Å². The summed E-state index contributed by atoms with van der Waals surface area (Å²) in [5, 5.41) is 21.8. The van der Waals surface area contributed by atoms with Crippen LogP contribution in [-0.4, -0.2) is 71.9 Å². The summed E-state index contributed by atoms with van der Waals surface area (Å²) in [6.07, 6.45) is 7.70. The lowest BCUT2D eigenvalue weighted by molar-refractivity contribution is -0.312. The molecule has 2 spiro atoms. The summed E-state index contributed by atoms with van der Waals surface area (Å²) >= 11 is 0. The average molecular weight is 548 g/mol. The Labute approximate surface area is 233 Å². The number of hydrogen-bond acceptors (Lipinski definition) is 6. The number of rotatable bonds is 7. The van der Waals surface area contributed by atoms with Crippen LogP contribution in [0.15, 0.2) is 12.1 Å². The van der Waals surface area contributed by atoms with Gasteiger partial charge in [0.2, 0.25) is 0 Å². The number of aliphatic hydroxyl groups is 2. The predicted molar refractivity (Wildman–Crippen MR) is 148 cm³/mol. The lowest BCUT2D eigenvalue weighted by Crippen LogP contribution is -2.83. The lowest BCUT2D eigenvalue weighted by atomic mass is 9.33. The second-order valence-electron chi connectivity index (χ2n) is 14.3. The van der Waals surface area contributed by atoms with E-state index < -0.39 is 11.2 Å². The van der Waals surface area contributed by atoms with Gasteiger partial charge in [-0.2, -0.15) is 0 Å². The normalized spacial score (nSPS) is 40.1. The quantitative estimate of drug-likeness (QED) is 0.524. The molecule has 8 rings (SSSR count). The molecule has 6 nitrogen and oxygen atoms in total. The predicted octanol–water partition coefficient (Wildman–Crippen LogP) is 4.50. The van der Waals surface area contributed by atoms with E-state index in [9.17, 15) is 10.2 Å². The Morgan fingerprint density at radius 1 is 1.13 bits per heavy atom. The maximum atomic E-state index is 12.3. The van der Waals surface area contributed by atoms with E-state index in [0.29, 0.717) is 6.04 Å². The molecular weight excluding hydrogens is 502 g/mol. The molecule has 7 heteroatoms. The first-order chi connectivity index (χ1) is 17.6. The van der Waals surface area contributed by atoms with Gasteiger partial charge < -0.3 is 24.4 Å². The number of ether oxygens (including phenoxy) is 3. The molecule has 5 fully saturated rings. The summed E-state index contributed by atoms with van der Waals surface area (Å²) in [4.78, 5) is 2.84. The van der Waals surface area contributed by atoms with E-state index in [4.69, 9.17) is 14.2 Å². The molecule has 4 bridgehead atoms. The zero-order valence-electron chi connectivity index (χ0n) is 23.7. The molecule has 1 aromatic carbocycles. The van der Waals surface area contributed by atoms with E-state index in [1.807, 2.05) is 14.0 Å². The van der Waals surface area contributed by atoms with Crippen LogP contribution in [0.3, 0.4) is 0 Å². The molecule has 7 aliphatic rings. The van der Waals surface area contributed by atoms with Crippen molar-refractivity contribution in [3.8, 4) is 11.5 Å². The highest BCUT2D eigenvalue weighted by Crippen LogP contribution is 2.78. The van der Waals surface area contributed by atoms with E-state index in [-0.39, 0.29) is 53.9 Å². The van der Waals surface area contributed by atoms with Crippen LogP contribution in [0, 0.1) is 22.7 Å². The van der Waals surface area contributed by atoms with Crippen molar-refractivity contribution in [2.45, 2.75) is 101 Å². The number of nitrogens with zero attached hydrogens (tertiary/aromatic N) is 1. The fourth-order valence-corrected chi connectivity index (χ4v) is 9.84. The van der Waals surface area contributed by atoms with Crippen molar-refractivity contribution < 1.29 is 24.4 Å². The van der Waals surface area contributed by atoms with Gasteiger partial charge in [0.05, 0.1) is 12.2 Å². The van der Waals surface area contributed by atoms with E-state index in [1.165, 1.54) is 30.5 Å². The third-order valence-corrected chi connectivity index (χ3v) is 12.2. The number of likely N-dealkylation sites (tertiary alicyclic amines) is 1. The molecule has 2 N–H and O–H groups in total. The zero-order valence-corrected chi connectivity index (χ0v) is 24.5. The number of methoxy groups -OCH3 is 1. The van der Waals surface area contributed by atoms with Gasteiger partial charge >= 0.3 is 0 Å². The van der Waals surface area contributed by atoms with Gasteiger partial charge in [-0.25, -0.2) is 0 Å². The van der Waals surface area contributed by atoms with Gasteiger partial charge in [-0.3, -0.25) is 4.90 Å². The third-order valence-electron chi connectivity index (χ3n) is 12.2. The number of benzene rings is 1. The van der Waals surface area contributed by atoms with E-state index in [0.717, 1.165) is 56.1 Å². The Hall–Kier alpha value is -1.05. The average Bonchev–Trinajstić information content (AvgIpc) is 3.60. The first-order valence-electron chi connectivity index (χ1n) is 14.6. The van der Waals surface area contributed by atoms with Gasteiger partial charge in [-0.05, 0) is 81.4 Å². The molecule has 0 radical (unpaired) electrons. The monoisotopic (exact) mass is 547 g/mol. The molecule has 4 saturated carbocycles. The fraction of sp³-hybridized carbons (Fsp3) is 0.806. The van der Waals surface area contributed by atoms with Crippen LogP contribution in [-0.2, 0) is 16.6 Å². The fourth-order valence-electron chi connectivity index (χ4n) is 9.84. The third kappa shape index (κ3) is 3.10. The van der Waals surface area contributed by atoms with Crippen molar-refractivity contribution in [3.05, 3.63) is 23.3 Å². The van der Waals surface area contributed by atoms with Gasteiger partial charge in [0.25, 0.3) is 0 Å². The first-order valence-corrected chi connectivity index (χ1v) is 14.6. The number of piperidine rings is 1. The largest absolute Gasteiger partial charge is 0.487 e. The standard InChI is InChI=1S/C31H45NO5.ClH/c1-27(2,3)28(4,34)22-17-29-10-11-31(22,35-5)26-30(29)12-13-32(18-19-6-7-19)23(29)16-20-8-9-21(36-15-14-33)25(37-26)24(20)30;/h8-9,19,22-23,26,33-34H,6-7,10-18H2,1-5H3;1H/t22-,23?,26?,28+,29-,30+,31-;/m0./s1. The summed E-state index contributed by atoms with van der Waals surface area (Å²) in [5.41, 5.74) is 0.907. The highest BCUT2D eigenvalue weighted by atomic mass is 35.5. The van der Waals surface area contributed by atoms with Crippen LogP contribution in [0.5, 0.6) is 11.5 Å². The second-order valence-corrected chi connectivity index (χ2v) is 14.3. The van der Waals surface area contributed by atoms with Gasteiger partial charge in [-0.15, -0.1) is 12.4 Å². The maximum Gasteiger partial charge on any atom is 0.165 e. The highest BCUT2D eigenvalue weighted by Gasteiger charge is 2.82. The molecule has 7 atom stereocenters. The Morgan fingerprint density at radius 2 is 1.89 bits per heavy atom. The smallest absolute Gasteiger partial charge is 0.165 e. The Kier molecular flexibility index (Phi) is 6.06. The number of fused-ring (bicyclic) bond motifs is 2. The van der Waals surface area contributed by atoms with Crippen molar-refractivity contribution in [2.24, 2.45) is 22.7 Å². The molecular formula is C31H46ClNO5. The molecule has 2 unspecified atom stereocenters. The molecule has 1 saturated heterocycles. The minimum Gasteiger partial charge on any atom is -0.487 e. The maximum absolute atomic E-state index is 12.3. The van der Waals surface area contributed by atoms with Crippen LogP contribution in [0.1, 0.15) is 77.3 Å². The molecule has 5 aliphatic carbocycles. The van der Waals surface area contributed by atoms with Gasteiger partial charge in [0.15, 0.2) is 11.5 Å². The molecule has 2 heterocycles. The Morgan fingerprint density at radius 3 is 2.55 bits per heavy atom. The van der Waals surface area contributed by atoms with Crippen molar-refractivity contribution in [2.75, 3.05) is 33.4 Å². The number of hydrogen-bond donors (Lipinski definition) is 2. The summed E-state index contributed by atoms with van der Waals surface area (Å²) in [6.45, 7) is 11.1. The van der Waals surface area contributed by atoms with Crippen molar-refractivity contribution >= 4 is 12.4 Å². The van der Waals surface area contributed by atoms with Crippen LogP contribution in [0.2, 0.25) is 0 Å². The summed E-state index contributed by atoms with van der Waals surface area (Å²) < 4.78 is 19.8. The Balaban J connectivity index is 0.00000264. The number of halogens is 1. The molecule has 0 aromatic heterocycles. The molecule has 1 aromatic rings. The number of aliphatic hydroxyl groups excluding tert-OH is 1. The van der Waals surface area contributed by atoms with Crippen LogP contribution >= 0.6 is 12.4 Å². The lowest BCUT2D eigenvalue weighted by Gasteiger charge is -2.75. The highest BCUT2D eigenvalue weighted by molar-refractivity contribution is 5.85. The van der Waals surface area contributed by atoms with E-state index in [1.54, 1.807) is 0 Å². The second kappa shape index (κ2) is 8.48. The van der Waals surface area contributed by atoms with Crippen LogP contribution < -0.4 is 9.47 Å². The minimum absolute atomic E-state index is 0. The van der Waals surface area contributed by atoms with Crippen molar-refractivity contribution in [1.29, 1.82) is 0 Å². The zero-order chi connectivity index (χ0) is 26.0. The van der Waals surface area contributed by atoms with Gasteiger partial charge in [0.1, 0.15) is 18.3 Å². The molecule has 212 valence electrons. The molecule has 38 heavy (non-hydrogen) atoms.